The molecule has 0 saturated carbocycles. The summed E-state index contributed by atoms with van der Waals surface area (Å²) in [5.41, 5.74) is 2.63. The molecular formula is C24H26N4O4. The molecule has 1 aromatic heterocycles. The smallest absolute Gasteiger partial charge is 0.263 e. The maximum atomic E-state index is 13.0. The Morgan fingerprint density at radius 2 is 1.94 bits per heavy atom. The van der Waals surface area contributed by atoms with E-state index in [0.717, 1.165) is 23.4 Å². The zero-order valence-corrected chi connectivity index (χ0v) is 17.8. The highest BCUT2D eigenvalue weighted by molar-refractivity contribution is 5.83. The lowest BCUT2D eigenvalue weighted by Gasteiger charge is -2.38. The first-order chi connectivity index (χ1) is 15.6. The molecule has 1 N–H and O–H groups in total. The maximum absolute atomic E-state index is 13.0. The van der Waals surface area contributed by atoms with Gasteiger partial charge in [-0.05, 0) is 42.7 Å². The Hall–Kier alpha value is -3.39. The Kier molecular flexibility index (Phi) is 5.53. The number of carbonyl (C=O) groups is 1. The van der Waals surface area contributed by atoms with E-state index in [0.29, 0.717) is 43.5 Å². The maximum Gasteiger partial charge on any atom is 0.263 e. The average Bonchev–Trinajstić information content (AvgIpc) is 2.85. The molecule has 8 nitrogen and oxygen atoms in total. The van der Waals surface area contributed by atoms with Crippen LogP contribution >= 0.6 is 0 Å². The second kappa shape index (κ2) is 8.63. The van der Waals surface area contributed by atoms with Gasteiger partial charge in [0.05, 0.1) is 30.4 Å². The molecule has 0 radical (unpaired) electrons. The summed E-state index contributed by atoms with van der Waals surface area (Å²) in [7, 11) is 0. The van der Waals surface area contributed by atoms with E-state index in [1.807, 2.05) is 35.2 Å². The zero-order valence-electron chi connectivity index (χ0n) is 17.8. The number of aliphatic hydroxyl groups is 1. The van der Waals surface area contributed by atoms with Crippen LogP contribution in [0.25, 0.3) is 10.9 Å². The van der Waals surface area contributed by atoms with Crippen molar-refractivity contribution in [2.45, 2.75) is 25.5 Å². The lowest BCUT2D eigenvalue weighted by molar-refractivity contribution is -0.139. The fraction of sp³-hybridized carbons (Fsp3) is 0.375. The van der Waals surface area contributed by atoms with Crippen LogP contribution < -0.4 is 15.2 Å². The van der Waals surface area contributed by atoms with Crippen LogP contribution in [0.4, 0.5) is 5.69 Å². The van der Waals surface area contributed by atoms with Gasteiger partial charge in [-0.25, -0.2) is 4.98 Å². The number of aliphatic hydroxyl groups excluding tert-OH is 1. The van der Waals surface area contributed by atoms with Crippen LogP contribution in [-0.4, -0.2) is 64.4 Å². The molecule has 0 bridgehead atoms. The normalized spacial score (nSPS) is 18.3. The van der Waals surface area contributed by atoms with Gasteiger partial charge in [0, 0.05) is 31.9 Å². The molecule has 8 heteroatoms. The summed E-state index contributed by atoms with van der Waals surface area (Å²) < 4.78 is 7.40. The first-order valence-corrected chi connectivity index (χ1v) is 11.0. The standard InChI is InChI=1S/C24H26N4O4/c29-14-13-28-16-25-20-15-18(6-7-19(20)23(28)30)26-9-11-27(12-10-26)24(31)22-8-5-17-3-1-2-4-21(17)32-22/h1-4,6-7,15-16,22,29H,5,8-14H2. The van der Waals surface area contributed by atoms with E-state index < -0.39 is 6.10 Å². The van der Waals surface area contributed by atoms with Crippen molar-refractivity contribution in [3.63, 3.8) is 0 Å². The number of para-hydroxylation sites is 1. The van der Waals surface area contributed by atoms with Crippen LogP contribution in [0, 0.1) is 0 Å². The molecule has 32 heavy (non-hydrogen) atoms. The Morgan fingerprint density at radius 3 is 2.75 bits per heavy atom. The number of nitrogens with zero attached hydrogens (tertiary/aromatic N) is 4. The van der Waals surface area contributed by atoms with Crippen molar-refractivity contribution in [3.05, 3.63) is 64.7 Å². The summed E-state index contributed by atoms with van der Waals surface area (Å²) in [6.07, 6.45) is 2.63. The van der Waals surface area contributed by atoms with Crippen molar-refractivity contribution in [1.29, 1.82) is 0 Å². The summed E-state index contributed by atoms with van der Waals surface area (Å²) in [6.45, 7) is 2.81. The summed E-state index contributed by atoms with van der Waals surface area (Å²) >= 11 is 0. The topological polar surface area (TPSA) is 87.9 Å². The summed E-state index contributed by atoms with van der Waals surface area (Å²) in [5.74, 6) is 0.876. The summed E-state index contributed by atoms with van der Waals surface area (Å²) in [5, 5.41) is 9.62. The molecule has 166 valence electrons. The van der Waals surface area contributed by atoms with Gasteiger partial charge in [0.2, 0.25) is 0 Å². The fourth-order valence-electron chi connectivity index (χ4n) is 4.50. The van der Waals surface area contributed by atoms with Gasteiger partial charge in [0.1, 0.15) is 5.75 Å². The second-order valence-corrected chi connectivity index (χ2v) is 8.23. The van der Waals surface area contributed by atoms with E-state index in [2.05, 4.69) is 16.0 Å². The number of hydrogen-bond acceptors (Lipinski definition) is 6. The molecule has 5 rings (SSSR count). The van der Waals surface area contributed by atoms with Crippen molar-refractivity contribution in [1.82, 2.24) is 14.5 Å². The Bertz CT molecular complexity index is 1200. The van der Waals surface area contributed by atoms with E-state index >= 15 is 0 Å². The third-order valence-electron chi connectivity index (χ3n) is 6.30. The zero-order chi connectivity index (χ0) is 22.1. The largest absolute Gasteiger partial charge is 0.480 e. The van der Waals surface area contributed by atoms with E-state index in [-0.39, 0.29) is 24.6 Å². The molecule has 0 aliphatic carbocycles. The molecule has 2 aromatic carbocycles. The summed E-state index contributed by atoms with van der Waals surface area (Å²) in [4.78, 5) is 34.0. The number of piperazine rings is 1. The van der Waals surface area contributed by atoms with Crippen molar-refractivity contribution in [2.24, 2.45) is 0 Å². The van der Waals surface area contributed by atoms with Crippen molar-refractivity contribution >= 4 is 22.5 Å². The predicted octanol–water partition coefficient (Wildman–Crippen LogP) is 1.43. The van der Waals surface area contributed by atoms with E-state index in [9.17, 15) is 9.59 Å². The van der Waals surface area contributed by atoms with Gasteiger partial charge in [-0.2, -0.15) is 0 Å². The highest BCUT2D eigenvalue weighted by atomic mass is 16.5. The molecule has 1 unspecified atom stereocenters. The van der Waals surface area contributed by atoms with Crippen LogP contribution in [0.2, 0.25) is 0 Å². The first kappa shape index (κ1) is 20.5. The Morgan fingerprint density at radius 1 is 1.12 bits per heavy atom. The third kappa shape index (κ3) is 3.82. The van der Waals surface area contributed by atoms with E-state index in [1.54, 1.807) is 6.07 Å². The molecule has 1 amide bonds. The molecule has 2 aliphatic rings. The number of hydrogen-bond donors (Lipinski definition) is 1. The van der Waals surface area contributed by atoms with Gasteiger partial charge in [0.15, 0.2) is 6.10 Å². The number of carbonyl (C=O) groups excluding carboxylic acids is 1. The number of fused-ring (bicyclic) bond motifs is 2. The number of benzene rings is 2. The number of anilines is 1. The summed E-state index contributed by atoms with van der Waals surface area (Å²) in [6, 6.07) is 13.5. The number of rotatable bonds is 4. The molecule has 1 atom stereocenters. The average molecular weight is 434 g/mol. The van der Waals surface area contributed by atoms with Crippen LogP contribution in [0.1, 0.15) is 12.0 Å². The monoisotopic (exact) mass is 434 g/mol. The predicted molar refractivity (Wildman–Crippen MR) is 121 cm³/mol. The van der Waals surface area contributed by atoms with Crippen LogP contribution in [0.3, 0.4) is 0 Å². The van der Waals surface area contributed by atoms with Gasteiger partial charge in [-0.3, -0.25) is 14.2 Å². The fourth-order valence-corrected chi connectivity index (χ4v) is 4.50. The van der Waals surface area contributed by atoms with Gasteiger partial charge < -0.3 is 19.6 Å². The number of amides is 1. The van der Waals surface area contributed by atoms with Crippen LogP contribution in [-0.2, 0) is 17.8 Å². The van der Waals surface area contributed by atoms with Gasteiger partial charge in [-0.15, -0.1) is 0 Å². The molecule has 3 heterocycles. The molecule has 1 fully saturated rings. The minimum absolute atomic E-state index is 0.0590. The minimum Gasteiger partial charge on any atom is -0.480 e. The van der Waals surface area contributed by atoms with Crippen molar-refractivity contribution in [3.8, 4) is 5.75 Å². The van der Waals surface area contributed by atoms with E-state index in [4.69, 9.17) is 9.84 Å². The lowest BCUT2D eigenvalue weighted by atomic mass is 10.0. The number of aryl methyl sites for hydroxylation is 1. The molecular weight excluding hydrogens is 408 g/mol. The second-order valence-electron chi connectivity index (χ2n) is 8.23. The van der Waals surface area contributed by atoms with Gasteiger partial charge >= 0.3 is 0 Å². The Labute approximate surface area is 185 Å². The highest BCUT2D eigenvalue weighted by Crippen LogP contribution is 2.28. The highest BCUT2D eigenvalue weighted by Gasteiger charge is 2.31. The van der Waals surface area contributed by atoms with E-state index in [1.165, 1.54) is 10.9 Å². The number of aromatic nitrogens is 2. The minimum atomic E-state index is -0.414. The SMILES string of the molecule is O=C(C1CCc2ccccc2O1)N1CCN(c2ccc3c(=O)n(CCO)cnc3c2)CC1. The van der Waals surface area contributed by atoms with Crippen LogP contribution in [0.15, 0.2) is 53.6 Å². The molecule has 0 spiro atoms. The quantitative estimate of drug-likeness (QED) is 0.669. The Balaban J connectivity index is 1.24. The lowest BCUT2D eigenvalue weighted by Crippen LogP contribution is -2.53. The van der Waals surface area contributed by atoms with Gasteiger partial charge in [0.25, 0.3) is 11.5 Å². The molecule has 3 aromatic rings. The molecule has 1 saturated heterocycles. The first-order valence-electron chi connectivity index (χ1n) is 11.0. The number of ether oxygens (including phenoxy) is 1. The van der Waals surface area contributed by atoms with Crippen molar-refractivity contribution in [2.75, 3.05) is 37.7 Å². The van der Waals surface area contributed by atoms with Crippen molar-refractivity contribution < 1.29 is 14.6 Å². The van der Waals surface area contributed by atoms with Gasteiger partial charge in [-0.1, -0.05) is 18.2 Å². The molecule has 2 aliphatic heterocycles. The van der Waals surface area contributed by atoms with Crippen LogP contribution in [0.5, 0.6) is 5.75 Å². The third-order valence-corrected chi connectivity index (χ3v) is 6.30.